The Bertz CT molecular complexity index is 1250. The fourth-order valence-electron chi connectivity index (χ4n) is 2.81. The van der Waals surface area contributed by atoms with Gasteiger partial charge in [0.15, 0.2) is 22.7 Å². The molecule has 1 aromatic carbocycles. The van der Waals surface area contributed by atoms with Gasteiger partial charge < -0.3 is 9.47 Å². The van der Waals surface area contributed by atoms with Crippen LogP contribution in [-0.4, -0.2) is 39.5 Å². The molecule has 2 aromatic heterocycles. The molecule has 158 valence electrons. The number of aromatic nitrogens is 4. The fourth-order valence-corrected chi connectivity index (χ4v) is 2.88. The smallest absolute Gasteiger partial charge is 0.329 e. The van der Waals surface area contributed by atoms with Crippen LogP contribution in [0, 0.1) is 0 Å². The van der Waals surface area contributed by atoms with Crippen LogP contribution < -0.4 is 26.1 Å². The predicted molar refractivity (Wildman–Crippen MR) is 116 cm³/mol. The molecule has 0 unspecified atom stereocenters. The highest BCUT2D eigenvalue weighted by Crippen LogP contribution is 2.27. The van der Waals surface area contributed by atoms with Gasteiger partial charge in [0.2, 0.25) is 5.95 Å². The van der Waals surface area contributed by atoms with Crippen LogP contribution in [0.3, 0.4) is 0 Å². The first-order chi connectivity index (χ1) is 14.3. The largest absolute Gasteiger partial charge is 0.493 e. The number of ether oxygens (including phenoxy) is 2. The van der Waals surface area contributed by atoms with Crippen molar-refractivity contribution in [3.05, 3.63) is 55.7 Å². The number of hydrazone groups is 1. The van der Waals surface area contributed by atoms with E-state index in [-0.39, 0.29) is 23.7 Å². The SMILES string of the molecule is COc1ccc(/C=N/Nc2nc3c(c(=O)[nH]c(=O)n3C)n2C/C=C(/C)Cl)cc1OC. The van der Waals surface area contributed by atoms with Crippen molar-refractivity contribution in [2.75, 3.05) is 19.6 Å². The van der Waals surface area contributed by atoms with E-state index in [0.717, 1.165) is 5.56 Å². The second kappa shape index (κ2) is 8.87. The summed E-state index contributed by atoms with van der Waals surface area (Å²) < 4.78 is 13.3. The van der Waals surface area contributed by atoms with Crippen molar-refractivity contribution >= 4 is 34.9 Å². The Kier molecular flexibility index (Phi) is 6.26. The molecule has 2 heterocycles. The van der Waals surface area contributed by atoms with Gasteiger partial charge in [-0.3, -0.25) is 18.9 Å². The number of H-pyrrole nitrogens is 1. The number of allylic oxidation sites excluding steroid dienone is 2. The number of rotatable bonds is 7. The van der Waals surface area contributed by atoms with Crippen LogP contribution in [0.5, 0.6) is 11.5 Å². The Balaban J connectivity index is 2.00. The monoisotopic (exact) mass is 432 g/mol. The van der Waals surface area contributed by atoms with E-state index < -0.39 is 11.2 Å². The van der Waals surface area contributed by atoms with Crippen LogP contribution >= 0.6 is 11.6 Å². The summed E-state index contributed by atoms with van der Waals surface area (Å²) in [6, 6.07) is 5.34. The molecule has 0 saturated heterocycles. The van der Waals surface area contributed by atoms with Gasteiger partial charge >= 0.3 is 5.69 Å². The minimum atomic E-state index is -0.554. The number of benzene rings is 1. The number of hydrogen-bond donors (Lipinski definition) is 2. The molecule has 11 heteroatoms. The number of nitrogens with zero attached hydrogens (tertiary/aromatic N) is 4. The van der Waals surface area contributed by atoms with Crippen molar-refractivity contribution in [2.45, 2.75) is 13.5 Å². The van der Waals surface area contributed by atoms with E-state index in [1.165, 1.54) is 11.6 Å². The van der Waals surface area contributed by atoms with Crippen molar-refractivity contribution < 1.29 is 9.47 Å². The zero-order valence-electron chi connectivity index (χ0n) is 16.9. The Hall–Kier alpha value is -3.53. The van der Waals surface area contributed by atoms with Crippen molar-refractivity contribution in [1.29, 1.82) is 0 Å². The van der Waals surface area contributed by atoms with Gasteiger partial charge in [0.1, 0.15) is 0 Å². The molecule has 3 aromatic rings. The van der Waals surface area contributed by atoms with E-state index in [2.05, 4.69) is 20.5 Å². The van der Waals surface area contributed by atoms with Gasteiger partial charge in [0, 0.05) is 18.6 Å². The minimum absolute atomic E-state index is 0.230. The topological polar surface area (TPSA) is 116 Å². The molecule has 2 N–H and O–H groups in total. The average molecular weight is 433 g/mol. The highest BCUT2D eigenvalue weighted by molar-refractivity contribution is 6.29. The lowest BCUT2D eigenvalue weighted by Crippen LogP contribution is -2.29. The standard InChI is InChI=1S/C19H21ClN6O4/c1-11(20)7-8-26-15-16(25(2)19(28)23-17(15)27)22-18(26)24-21-10-12-5-6-13(29-3)14(9-12)30-4/h5-7,9-10H,8H2,1-4H3,(H,22,24)(H,23,27,28)/b11-7-,21-10+. The maximum atomic E-state index is 12.4. The molecule has 0 aliphatic rings. The molecule has 0 bridgehead atoms. The van der Waals surface area contributed by atoms with E-state index in [1.54, 1.807) is 50.1 Å². The highest BCUT2D eigenvalue weighted by atomic mass is 35.5. The molecule has 30 heavy (non-hydrogen) atoms. The lowest BCUT2D eigenvalue weighted by molar-refractivity contribution is 0.355. The first-order valence-electron chi connectivity index (χ1n) is 8.88. The summed E-state index contributed by atoms with van der Waals surface area (Å²) in [6.07, 6.45) is 3.29. The molecule has 0 spiro atoms. The summed E-state index contributed by atoms with van der Waals surface area (Å²) in [5.74, 6) is 1.45. The van der Waals surface area contributed by atoms with Gasteiger partial charge in [0.05, 0.1) is 20.4 Å². The molecule has 0 saturated carbocycles. The van der Waals surface area contributed by atoms with Crippen LogP contribution in [0.1, 0.15) is 12.5 Å². The van der Waals surface area contributed by atoms with Gasteiger partial charge in [-0.1, -0.05) is 17.7 Å². The van der Waals surface area contributed by atoms with E-state index in [0.29, 0.717) is 16.5 Å². The maximum absolute atomic E-state index is 12.4. The Morgan fingerprint density at radius 2 is 2.03 bits per heavy atom. The summed E-state index contributed by atoms with van der Waals surface area (Å²) in [7, 11) is 4.63. The number of aromatic amines is 1. The molecular weight excluding hydrogens is 412 g/mol. The van der Waals surface area contributed by atoms with Crippen molar-refractivity contribution in [3.8, 4) is 11.5 Å². The molecule has 0 amide bonds. The molecule has 3 rings (SSSR count). The molecule has 0 atom stereocenters. The number of halogens is 1. The van der Waals surface area contributed by atoms with Crippen molar-refractivity contribution in [1.82, 2.24) is 19.1 Å². The Morgan fingerprint density at radius 1 is 1.30 bits per heavy atom. The summed E-state index contributed by atoms with van der Waals surface area (Å²) >= 11 is 5.95. The van der Waals surface area contributed by atoms with Crippen molar-refractivity contribution in [3.63, 3.8) is 0 Å². The second-order valence-electron chi connectivity index (χ2n) is 6.31. The average Bonchev–Trinajstić information content (AvgIpc) is 3.09. The lowest BCUT2D eigenvalue weighted by Gasteiger charge is -2.07. The van der Waals surface area contributed by atoms with Gasteiger partial charge in [-0.2, -0.15) is 10.1 Å². The van der Waals surface area contributed by atoms with Gasteiger partial charge in [0.25, 0.3) is 5.56 Å². The number of aryl methyl sites for hydroxylation is 1. The Labute approximate surface area is 176 Å². The third-order valence-corrected chi connectivity index (χ3v) is 4.50. The summed E-state index contributed by atoms with van der Waals surface area (Å²) in [5, 5.41) is 4.75. The third-order valence-electron chi connectivity index (χ3n) is 4.35. The first-order valence-corrected chi connectivity index (χ1v) is 9.26. The first kappa shape index (κ1) is 21.2. The number of anilines is 1. The lowest BCUT2D eigenvalue weighted by atomic mass is 10.2. The summed E-state index contributed by atoms with van der Waals surface area (Å²) in [5.41, 5.74) is 2.94. The summed E-state index contributed by atoms with van der Waals surface area (Å²) in [4.78, 5) is 30.9. The molecule has 0 fully saturated rings. The number of imidazole rings is 1. The van der Waals surface area contributed by atoms with Crippen LogP contribution in [0.15, 0.2) is 44.0 Å². The van der Waals surface area contributed by atoms with E-state index in [1.807, 2.05) is 6.07 Å². The van der Waals surface area contributed by atoms with E-state index in [9.17, 15) is 9.59 Å². The normalized spacial score (nSPS) is 12.0. The van der Waals surface area contributed by atoms with Crippen LogP contribution in [0.25, 0.3) is 11.2 Å². The van der Waals surface area contributed by atoms with Crippen molar-refractivity contribution in [2.24, 2.45) is 12.1 Å². The van der Waals surface area contributed by atoms with Gasteiger partial charge in [-0.25, -0.2) is 10.2 Å². The maximum Gasteiger partial charge on any atom is 0.329 e. The zero-order valence-corrected chi connectivity index (χ0v) is 17.6. The molecule has 0 aliphatic carbocycles. The number of fused-ring (bicyclic) bond motifs is 1. The number of hydrogen-bond acceptors (Lipinski definition) is 7. The van der Waals surface area contributed by atoms with E-state index >= 15 is 0 Å². The number of methoxy groups -OCH3 is 2. The van der Waals surface area contributed by atoms with Crippen LogP contribution in [-0.2, 0) is 13.6 Å². The highest BCUT2D eigenvalue weighted by Gasteiger charge is 2.16. The van der Waals surface area contributed by atoms with Crippen LogP contribution in [0.4, 0.5) is 5.95 Å². The zero-order chi connectivity index (χ0) is 21.8. The van der Waals surface area contributed by atoms with Gasteiger partial charge in [-0.15, -0.1) is 0 Å². The summed E-state index contributed by atoms with van der Waals surface area (Å²) in [6.45, 7) is 1.99. The second-order valence-corrected chi connectivity index (χ2v) is 6.91. The predicted octanol–water partition coefficient (Wildman–Crippen LogP) is 2.03. The molecular formula is C19H21ClN6O4. The third kappa shape index (κ3) is 4.23. The quantitative estimate of drug-likeness (QED) is 0.436. The minimum Gasteiger partial charge on any atom is -0.493 e. The fraction of sp³-hybridized carbons (Fsp3) is 0.263. The molecule has 0 radical (unpaired) electrons. The Morgan fingerprint density at radius 3 is 2.70 bits per heavy atom. The number of nitrogens with one attached hydrogen (secondary N) is 2. The van der Waals surface area contributed by atoms with Crippen LogP contribution in [0.2, 0.25) is 0 Å². The molecule has 10 nitrogen and oxygen atoms in total. The van der Waals surface area contributed by atoms with E-state index in [4.69, 9.17) is 21.1 Å². The molecule has 0 aliphatic heterocycles. The van der Waals surface area contributed by atoms with Gasteiger partial charge in [-0.05, 0) is 30.7 Å².